The van der Waals surface area contributed by atoms with E-state index in [0.29, 0.717) is 30.4 Å². The topological polar surface area (TPSA) is 88.2 Å². The van der Waals surface area contributed by atoms with Crippen LogP contribution in [0, 0.1) is 0 Å². The Morgan fingerprint density at radius 3 is 2.48 bits per heavy atom. The molecule has 1 aliphatic rings. The van der Waals surface area contributed by atoms with Gasteiger partial charge in [-0.2, -0.15) is 17.0 Å². The maximum absolute atomic E-state index is 12.1. The zero-order valence-electron chi connectivity index (χ0n) is 13.4. The number of nitrogens with zero attached hydrogens (tertiary/aromatic N) is 2. The first-order valence-corrected chi connectivity index (χ1v) is 8.61. The highest BCUT2D eigenvalue weighted by atomic mass is 32.2. The molecular formula is C14H21N3O5S. The van der Waals surface area contributed by atoms with Gasteiger partial charge in [0.25, 0.3) is 10.2 Å². The predicted octanol–water partition coefficient (Wildman–Crippen LogP) is 0.525. The van der Waals surface area contributed by atoms with Crippen molar-refractivity contribution in [1.82, 2.24) is 8.61 Å². The number of anilines is 1. The molecule has 0 saturated carbocycles. The Morgan fingerprint density at radius 2 is 1.87 bits per heavy atom. The van der Waals surface area contributed by atoms with Crippen LogP contribution >= 0.6 is 0 Å². The molecule has 128 valence electrons. The van der Waals surface area contributed by atoms with Crippen molar-refractivity contribution in [2.24, 2.45) is 0 Å². The summed E-state index contributed by atoms with van der Waals surface area (Å²) in [5.74, 6) is 0.760. The lowest BCUT2D eigenvalue weighted by Crippen LogP contribution is -2.43. The van der Waals surface area contributed by atoms with E-state index in [0.717, 1.165) is 8.61 Å². The number of fused-ring (bicyclic) bond motifs is 1. The molecule has 2 rings (SSSR count). The molecular weight excluding hydrogens is 322 g/mol. The van der Waals surface area contributed by atoms with Crippen molar-refractivity contribution in [3.63, 3.8) is 0 Å². The molecule has 9 heteroatoms. The number of carbonyl (C=O) groups is 1. The Balaban J connectivity index is 2.04. The third kappa shape index (κ3) is 4.12. The molecule has 0 aromatic heterocycles. The second-order valence-corrected chi connectivity index (χ2v) is 7.27. The fourth-order valence-corrected chi connectivity index (χ4v) is 3.14. The summed E-state index contributed by atoms with van der Waals surface area (Å²) in [6, 6.07) is 5.05. The summed E-state index contributed by atoms with van der Waals surface area (Å²) in [6.07, 6.45) is 0. The van der Waals surface area contributed by atoms with Crippen LogP contribution in [0.25, 0.3) is 0 Å². The monoisotopic (exact) mass is 343 g/mol. The smallest absolute Gasteiger partial charge is 0.281 e. The van der Waals surface area contributed by atoms with Crippen molar-refractivity contribution in [2.75, 3.05) is 45.7 Å². The van der Waals surface area contributed by atoms with Gasteiger partial charge in [0.2, 0.25) is 5.91 Å². The van der Waals surface area contributed by atoms with Gasteiger partial charge in [-0.05, 0) is 12.1 Å². The number of likely N-dealkylation sites (N-methyl/N-ethyl adjacent to an activating group) is 1. The number of ether oxygens (including phenoxy) is 2. The number of benzene rings is 1. The van der Waals surface area contributed by atoms with Gasteiger partial charge in [0, 0.05) is 32.4 Å². The predicted molar refractivity (Wildman–Crippen MR) is 85.9 cm³/mol. The molecule has 0 unspecified atom stereocenters. The van der Waals surface area contributed by atoms with Crippen molar-refractivity contribution in [3.8, 4) is 11.5 Å². The van der Waals surface area contributed by atoms with E-state index in [-0.39, 0.29) is 13.1 Å². The molecule has 0 fully saturated rings. The van der Waals surface area contributed by atoms with Crippen LogP contribution in [0.5, 0.6) is 11.5 Å². The zero-order chi connectivity index (χ0) is 17.0. The van der Waals surface area contributed by atoms with Gasteiger partial charge >= 0.3 is 0 Å². The minimum atomic E-state index is -3.63. The third-order valence-electron chi connectivity index (χ3n) is 3.29. The Labute approximate surface area is 136 Å². The number of rotatable bonds is 6. The van der Waals surface area contributed by atoms with Crippen LogP contribution < -0.4 is 14.8 Å². The lowest BCUT2D eigenvalue weighted by Gasteiger charge is -2.23. The van der Waals surface area contributed by atoms with Gasteiger partial charge in [-0.25, -0.2) is 0 Å². The summed E-state index contributed by atoms with van der Waals surface area (Å²) in [7, 11) is -0.775. The maximum atomic E-state index is 12.1. The van der Waals surface area contributed by atoms with Crippen LogP contribution in [-0.2, 0) is 15.0 Å². The van der Waals surface area contributed by atoms with Gasteiger partial charge in [0.15, 0.2) is 11.5 Å². The highest BCUT2D eigenvalue weighted by Crippen LogP contribution is 2.32. The second kappa shape index (κ2) is 7.16. The van der Waals surface area contributed by atoms with Crippen LogP contribution in [-0.4, -0.2) is 63.3 Å². The SMILES string of the molecule is CCN(CC(=O)Nc1ccc2c(c1)OCCO2)S(=O)(=O)N(C)C. The lowest BCUT2D eigenvalue weighted by atomic mass is 10.2. The highest BCUT2D eigenvalue weighted by molar-refractivity contribution is 7.86. The average molecular weight is 343 g/mol. The Hall–Kier alpha value is -1.84. The molecule has 8 nitrogen and oxygen atoms in total. The van der Waals surface area contributed by atoms with Gasteiger partial charge in [0.1, 0.15) is 13.2 Å². The standard InChI is InChI=1S/C14H21N3O5S/c1-4-17(23(19,20)16(2)3)10-14(18)15-11-5-6-12-13(9-11)22-8-7-21-12/h5-6,9H,4,7-8,10H2,1-3H3,(H,15,18). The molecule has 1 N–H and O–H groups in total. The largest absolute Gasteiger partial charge is 0.486 e. The zero-order valence-corrected chi connectivity index (χ0v) is 14.2. The van der Waals surface area contributed by atoms with E-state index in [2.05, 4.69) is 5.32 Å². The van der Waals surface area contributed by atoms with Gasteiger partial charge in [0.05, 0.1) is 6.54 Å². The Kier molecular flexibility index (Phi) is 5.45. The fraction of sp³-hybridized carbons (Fsp3) is 0.500. The number of hydrogen-bond donors (Lipinski definition) is 1. The van der Waals surface area contributed by atoms with Crippen molar-refractivity contribution < 1.29 is 22.7 Å². The molecule has 1 aliphatic heterocycles. The molecule has 1 amide bonds. The van der Waals surface area contributed by atoms with Gasteiger partial charge < -0.3 is 14.8 Å². The maximum Gasteiger partial charge on any atom is 0.281 e. The third-order valence-corrected chi connectivity index (χ3v) is 5.25. The number of nitrogens with one attached hydrogen (secondary N) is 1. The van der Waals surface area contributed by atoms with Crippen LogP contribution in [0.4, 0.5) is 5.69 Å². The summed E-state index contributed by atoms with van der Waals surface area (Å²) < 4.78 is 37.2. The molecule has 0 spiro atoms. The van der Waals surface area contributed by atoms with E-state index < -0.39 is 16.1 Å². The summed E-state index contributed by atoms with van der Waals surface area (Å²) >= 11 is 0. The Morgan fingerprint density at radius 1 is 1.22 bits per heavy atom. The Bertz CT molecular complexity index is 675. The average Bonchev–Trinajstić information content (AvgIpc) is 2.52. The first-order chi connectivity index (χ1) is 10.8. The molecule has 1 heterocycles. The van der Waals surface area contributed by atoms with Crippen LogP contribution in [0.2, 0.25) is 0 Å². The number of carbonyl (C=O) groups excluding carboxylic acids is 1. The summed E-state index contributed by atoms with van der Waals surface area (Å²) in [5, 5.41) is 2.67. The quantitative estimate of drug-likeness (QED) is 0.814. The van der Waals surface area contributed by atoms with Crippen LogP contribution in [0.1, 0.15) is 6.92 Å². The van der Waals surface area contributed by atoms with E-state index >= 15 is 0 Å². The molecule has 0 radical (unpaired) electrons. The van der Waals surface area contributed by atoms with E-state index in [1.807, 2.05) is 0 Å². The van der Waals surface area contributed by atoms with Gasteiger partial charge in [-0.3, -0.25) is 4.79 Å². The molecule has 1 aromatic carbocycles. The normalized spacial score (nSPS) is 14.1. The molecule has 1 aromatic rings. The van der Waals surface area contributed by atoms with E-state index in [9.17, 15) is 13.2 Å². The molecule has 23 heavy (non-hydrogen) atoms. The molecule has 0 aliphatic carbocycles. The van der Waals surface area contributed by atoms with Crippen molar-refractivity contribution in [3.05, 3.63) is 18.2 Å². The molecule has 0 atom stereocenters. The van der Waals surface area contributed by atoms with E-state index in [1.54, 1.807) is 25.1 Å². The van der Waals surface area contributed by atoms with E-state index in [1.165, 1.54) is 14.1 Å². The fourth-order valence-electron chi connectivity index (χ4n) is 2.07. The molecule has 0 saturated heterocycles. The minimum Gasteiger partial charge on any atom is -0.486 e. The summed E-state index contributed by atoms with van der Waals surface area (Å²) in [5.41, 5.74) is 0.526. The van der Waals surface area contributed by atoms with Gasteiger partial charge in [-0.15, -0.1) is 0 Å². The number of amides is 1. The number of hydrogen-bond acceptors (Lipinski definition) is 5. The molecule has 0 bridgehead atoms. The lowest BCUT2D eigenvalue weighted by molar-refractivity contribution is -0.116. The first-order valence-electron chi connectivity index (χ1n) is 7.21. The summed E-state index contributed by atoms with van der Waals surface area (Å²) in [4.78, 5) is 12.1. The van der Waals surface area contributed by atoms with Crippen LogP contribution in [0.15, 0.2) is 18.2 Å². The van der Waals surface area contributed by atoms with E-state index in [4.69, 9.17) is 9.47 Å². The van der Waals surface area contributed by atoms with Crippen molar-refractivity contribution in [2.45, 2.75) is 6.92 Å². The summed E-state index contributed by atoms with van der Waals surface area (Å²) in [6.45, 7) is 2.57. The minimum absolute atomic E-state index is 0.203. The van der Waals surface area contributed by atoms with Gasteiger partial charge in [-0.1, -0.05) is 6.92 Å². The van der Waals surface area contributed by atoms with Crippen molar-refractivity contribution >= 4 is 21.8 Å². The van der Waals surface area contributed by atoms with Crippen LogP contribution in [0.3, 0.4) is 0 Å². The highest BCUT2D eigenvalue weighted by Gasteiger charge is 2.25. The van der Waals surface area contributed by atoms with Crippen molar-refractivity contribution in [1.29, 1.82) is 0 Å². The first kappa shape index (κ1) is 17.5. The second-order valence-electron chi connectivity index (χ2n) is 5.12.